The Morgan fingerprint density at radius 3 is 2.00 bits per heavy atom. The van der Waals surface area contributed by atoms with Crippen LogP contribution in [0.1, 0.15) is 24.1 Å². The highest BCUT2D eigenvalue weighted by atomic mass is 35.5. The van der Waals surface area contributed by atoms with Crippen LogP contribution in [0.5, 0.6) is 0 Å². The van der Waals surface area contributed by atoms with Crippen LogP contribution in [-0.2, 0) is 4.74 Å². The summed E-state index contributed by atoms with van der Waals surface area (Å²) >= 11 is 5.93. The number of aliphatic imine (C=N–C) groups is 1. The minimum absolute atomic E-state index is 0.00452. The second kappa shape index (κ2) is 7.12. The van der Waals surface area contributed by atoms with E-state index in [1.807, 2.05) is 55.5 Å². The third-order valence-corrected chi connectivity index (χ3v) is 4.86. The first-order valence-electron chi connectivity index (χ1n) is 8.57. The predicted molar refractivity (Wildman–Crippen MR) is 103 cm³/mol. The van der Waals surface area contributed by atoms with E-state index in [0.29, 0.717) is 5.02 Å². The number of halogens is 3. The molecule has 0 bridgehead atoms. The molecule has 2 nitrogen and oxygen atoms in total. The number of hydrogen-bond donors (Lipinski definition) is 0. The predicted octanol–water partition coefficient (Wildman–Crippen LogP) is 6.19. The normalized spacial score (nSPS) is 18.9. The van der Waals surface area contributed by atoms with Crippen molar-refractivity contribution in [3.05, 3.63) is 94.5 Å². The monoisotopic (exact) mass is 383 g/mol. The van der Waals surface area contributed by atoms with Crippen molar-refractivity contribution in [2.45, 2.75) is 19.1 Å². The molecule has 2 atom stereocenters. The summed E-state index contributed by atoms with van der Waals surface area (Å²) in [7, 11) is 0. The van der Waals surface area contributed by atoms with Crippen molar-refractivity contribution >= 4 is 17.5 Å². The van der Waals surface area contributed by atoms with Gasteiger partial charge in [-0.1, -0.05) is 54.1 Å². The Balaban J connectivity index is 1.63. The summed E-state index contributed by atoms with van der Waals surface area (Å²) in [6.45, 7) is 1.84. The lowest BCUT2D eigenvalue weighted by Crippen LogP contribution is -2.14. The number of nitrogens with zero attached hydrogens (tertiary/aromatic N) is 1. The molecule has 1 aliphatic rings. The van der Waals surface area contributed by atoms with Gasteiger partial charge in [0.25, 0.3) is 0 Å². The van der Waals surface area contributed by atoms with Gasteiger partial charge in [-0.3, -0.25) is 0 Å². The van der Waals surface area contributed by atoms with E-state index in [4.69, 9.17) is 16.3 Å². The van der Waals surface area contributed by atoms with Crippen molar-refractivity contribution in [3.63, 3.8) is 0 Å². The van der Waals surface area contributed by atoms with Crippen LogP contribution in [0.2, 0.25) is 5.02 Å². The van der Waals surface area contributed by atoms with Crippen LogP contribution in [0.3, 0.4) is 0 Å². The highest BCUT2D eigenvalue weighted by Gasteiger charge is 2.32. The molecule has 136 valence electrons. The van der Waals surface area contributed by atoms with E-state index in [-0.39, 0.29) is 23.6 Å². The summed E-state index contributed by atoms with van der Waals surface area (Å²) in [5.74, 6) is -1.36. The van der Waals surface area contributed by atoms with Gasteiger partial charge in [-0.25, -0.2) is 13.8 Å². The maximum atomic E-state index is 14.0. The second-order valence-corrected chi connectivity index (χ2v) is 6.86. The summed E-state index contributed by atoms with van der Waals surface area (Å²) in [6, 6.07) is 18.9. The molecule has 3 aromatic rings. The molecule has 0 saturated carbocycles. The van der Waals surface area contributed by atoms with Gasteiger partial charge in [0, 0.05) is 5.02 Å². The van der Waals surface area contributed by atoms with Gasteiger partial charge in [0.2, 0.25) is 5.90 Å². The molecule has 0 unspecified atom stereocenters. The van der Waals surface area contributed by atoms with Crippen LogP contribution < -0.4 is 0 Å². The molecule has 4 rings (SSSR count). The summed E-state index contributed by atoms with van der Waals surface area (Å²) in [5.41, 5.74) is 2.81. The van der Waals surface area contributed by atoms with Crippen LogP contribution in [0.25, 0.3) is 11.1 Å². The number of hydrogen-bond acceptors (Lipinski definition) is 2. The van der Waals surface area contributed by atoms with E-state index in [0.717, 1.165) is 16.7 Å². The van der Waals surface area contributed by atoms with Crippen molar-refractivity contribution in [3.8, 4) is 11.1 Å². The Morgan fingerprint density at radius 2 is 1.41 bits per heavy atom. The Kier molecular flexibility index (Phi) is 4.66. The second-order valence-electron chi connectivity index (χ2n) is 6.43. The van der Waals surface area contributed by atoms with Gasteiger partial charge in [0.1, 0.15) is 29.3 Å². The first kappa shape index (κ1) is 17.7. The molecular weight excluding hydrogens is 368 g/mol. The van der Waals surface area contributed by atoms with Gasteiger partial charge in [-0.05, 0) is 47.9 Å². The van der Waals surface area contributed by atoms with Crippen molar-refractivity contribution in [2.75, 3.05) is 0 Å². The summed E-state index contributed by atoms with van der Waals surface area (Å²) in [5, 5.41) is 0.689. The smallest absolute Gasteiger partial charge is 0.223 e. The zero-order chi connectivity index (χ0) is 19.0. The first-order valence-corrected chi connectivity index (χ1v) is 8.95. The molecule has 0 radical (unpaired) electrons. The van der Waals surface area contributed by atoms with E-state index in [1.54, 1.807) is 0 Å². The number of ether oxygens (including phenoxy) is 1. The lowest BCUT2D eigenvalue weighted by atomic mass is 9.99. The molecule has 0 amide bonds. The molecule has 1 aliphatic heterocycles. The standard InChI is InChI=1S/C22H16ClF2NO/c1-13-21(26-22(27-13)20-18(24)3-2-4-19(20)25)16-7-5-14(6-8-16)15-9-11-17(23)12-10-15/h2-13,21H,1H3/t13-,21+/m0/s1. The van der Waals surface area contributed by atoms with Gasteiger partial charge in [-0.2, -0.15) is 0 Å². The van der Waals surface area contributed by atoms with E-state index >= 15 is 0 Å². The molecular formula is C22H16ClF2NO. The molecule has 0 aliphatic carbocycles. The fraction of sp³-hybridized carbons (Fsp3) is 0.136. The van der Waals surface area contributed by atoms with Crippen LogP contribution in [0.15, 0.2) is 71.7 Å². The zero-order valence-corrected chi connectivity index (χ0v) is 15.3. The summed E-state index contributed by atoms with van der Waals surface area (Å²) in [6.07, 6.45) is -0.319. The van der Waals surface area contributed by atoms with E-state index in [2.05, 4.69) is 4.99 Å². The molecule has 0 saturated heterocycles. The lowest BCUT2D eigenvalue weighted by molar-refractivity contribution is 0.213. The van der Waals surface area contributed by atoms with Crippen LogP contribution in [-0.4, -0.2) is 12.0 Å². The molecule has 5 heteroatoms. The largest absolute Gasteiger partial charge is 0.472 e. The molecule has 0 fully saturated rings. The maximum absolute atomic E-state index is 14.0. The third kappa shape index (κ3) is 3.45. The van der Waals surface area contributed by atoms with Crippen molar-refractivity contribution in [1.29, 1.82) is 0 Å². The van der Waals surface area contributed by atoms with Crippen molar-refractivity contribution < 1.29 is 13.5 Å². The van der Waals surface area contributed by atoms with Crippen molar-refractivity contribution in [1.82, 2.24) is 0 Å². The van der Waals surface area contributed by atoms with E-state index in [1.165, 1.54) is 18.2 Å². The SMILES string of the molecule is C[C@@H]1OC(c2c(F)cccc2F)=N[C@H]1c1ccc(-c2ccc(Cl)cc2)cc1. The van der Waals surface area contributed by atoms with Gasteiger partial charge in [0.05, 0.1) is 0 Å². The highest BCUT2D eigenvalue weighted by molar-refractivity contribution is 6.30. The zero-order valence-electron chi connectivity index (χ0n) is 14.5. The molecule has 0 spiro atoms. The van der Waals surface area contributed by atoms with Gasteiger partial charge >= 0.3 is 0 Å². The Morgan fingerprint density at radius 1 is 0.852 bits per heavy atom. The van der Waals surface area contributed by atoms with Gasteiger partial charge in [-0.15, -0.1) is 0 Å². The van der Waals surface area contributed by atoms with E-state index in [9.17, 15) is 8.78 Å². The van der Waals surface area contributed by atoms with Crippen LogP contribution in [0.4, 0.5) is 8.78 Å². The maximum Gasteiger partial charge on any atom is 0.223 e. The average Bonchev–Trinajstić information content (AvgIpc) is 3.04. The minimum atomic E-state index is -0.681. The lowest BCUT2D eigenvalue weighted by Gasteiger charge is -2.13. The van der Waals surface area contributed by atoms with E-state index < -0.39 is 11.6 Å². The quantitative estimate of drug-likeness (QED) is 0.528. The Hall–Kier alpha value is -2.72. The first-order chi connectivity index (χ1) is 13.0. The summed E-state index contributed by atoms with van der Waals surface area (Å²) < 4.78 is 33.7. The number of rotatable bonds is 3. The van der Waals surface area contributed by atoms with Crippen LogP contribution in [0, 0.1) is 11.6 Å². The fourth-order valence-corrected chi connectivity index (χ4v) is 3.31. The molecule has 1 heterocycles. The van der Waals surface area contributed by atoms with Gasteiger partial charge < -0.3 is 4.74 Å². The molecule has 0 aromatic heterocycles. The Bertz CT molecular complexity index is 980. The molecule has 0 N–H and O–H groups in total. The topological polar surface area (TPSA) is 21.6 Å². The van der Waals surface area contributed by atoms with Crippen molar-refractivity contribution in [2.24, 2.45) is 4.99 Å². The highest BCUT2D eigenvalue weighted by Crippen LogP contribution is 2.33. The third-order valence-electron chi connectivity index (χ3n) is 4.60. The Labute approximate surface area is 161 Å². The minimum Gasteiger partial charge on any atom is -0.472 e. The van der Waals surface area contributed by atoms with Gasteiger partial charge in [0.15, 0.2) is 0 Å². The number of benzene rings is 3. The fourth-order valence-electron chi connectivity index (χ4n) is 3.19. The molecule has 27 heavy (non-hydrogen) atoms. The summed E-state index contributed by atoms with van der Waals surface area (Å²) in [4.78, 5) is 4.44. The average molecular weight is 384 g/mol. The molecule has 3 aromatic carbocycles. The van der Waals surface area contributed by atoms with Crippen LogP contribution >= 0.6 is 11.6 Å².